The first-order valence-corrected chi connectivity index (χ1v) is 10.5. The fourth-order valence-electron chi connectivity index (χ4n) is 3.93. The van der Waals surface area contributed by atoms with Crippen LogP contribution < -0.4 is 5.32 Å². The third kappa shape index (κ3) is 4.41. The van der Waals surface area contributed by atoms with Crippen LogP contribution in [0.4, 0.5) is 24.7 Å². The molecule has 2 aromatic carbocycles. The number of rotatable bonds is 6. The molecule has 1 aliphatic carbocycles. The molecule has 5 nitrogen and oxygen atoms in total. The molecule has 1 fully saturated rings. The maximum atomic E-state index is 12.8. The molecule has 0 saturated heterocycles. The number of benzene rings is 2. The minimum atomic E-state index is -4.35. The second kappa shape index (κ2) is 7.95. The normalized spacial score (nSPS) is 13.9. The molecule has 2 heterocycles. The molecule has 4 aromatic rings. The summed E-state index contributed by atoms with van der Waals surface area (Å²) < 4.78 is 40.3. The summed E-state index contributed by atoms with van der Waals surface area (Å²) in [5.74, 6) is -0.336. The third-order valence-corrected chi connectivity index (χ3v) is 5.86. The van der Waals surface area contributed by atoms with E-state index in [2.05, 4.69) is 10.3 Å². The van der Waals surface area contributed by atoms with E-state index in [4.69, 9.17) is 0 Å². The van der Waals surface area contributed by atoms with Gasteiger partial charge in [-0.25, -0.2) is 9.78 Å². The number of halogens is 3. The number of aromatic nitrogens is 2. The molecule has 2 N–H and O–H groups in total. The summed E-state index contributed by atoms with van der Waals surface area (Å²) >= 11 is 0. The molecule has 0 radical (unpaired) electrons. The van der Waals surface area contributed by atoms with Crippen LogP contribution in [0.2, 0.25) is 0 Å². The van der Waals surface area contributed by atoms with Gasteiger partial charge in [0.2, 0.25) is 0 Å². The van der Waals surface area contributed by atoms with Gasteiger partial charge < -0.3 is 15.0 Å². The number of fused-ring (bicyclic) bond motifs is 1. The number of hydrogen-bond acceptors (Lipinski definition) is 3. The van der Waals surface area contributed by atoms with Crippen molar-refractivity contribution >= 4 is 28.4 Å². The molecule has 0 atom stereocenters. The van der Waals surface area contributed by atoms with Crippen molar-refractivity contribution in [2.24, 2.45) is 0 Å². The first-order chi connectivity index (χ1) is 15.8. The van der Waals surface area contributed by atoms with Gasteiger partial charge in [0.05, 0.1) is 5.56 Å². The Morgan fingerprint density at radius 3 is 2.52 bits per heavy atom. The number of carboxylic acid groups (broad SMARTS) is 1. The fourth-order valence-corrected chi connectivity index (χ4v) is 3.93. The van der Waals surface area contributed by atoms with Gasteiger partial charge in [0.25, 0.3) is 0 Å². The van der Waals surface area contributed by atoms with Gasteiger partial charge in [-0.1, -0.05) is 12.1 Å². The highest BCUT2D eigenvalue weighted by atomic mass is 19.4. The zero-order valence-corrected chi connectivity index (χ0v) is 17.4. The fraction of sp³-hybridized carbons (Fsp3) is 0.200. The maximum absolute atomic E-state index is 12.8. The molecule has 1 aliphatic rings. The average Bonchev–Trinajstić information content (AvgIpc) is 3.56. The van der Waals surface area contributed by atoms with Crippen molar-refractivity contribution in [3.63, 3.8) is 0 Å². The Labute approximate surface area is 187 Å². The van der Waals surface area contributed by atoms with Crippen molar-refractivity contribution in [3.05, 3.63) is 89.2 Å². The van der Waals surface area contributed by atoms with Crippen molar-refractivity contribution < 1.29 is 23.1 Å². The zero-order valence-electron chi connectivity index (χ0n) is 17.4. The van der Waals surface area contributed by atoms with Gasteiger partial charge in [-0.15, -0.1) is 0 Å². The largest absolute Gasteiger partial charge is 0.478 e. The summed E-state index contributed by atoms with van der Waals surface area (Å²) in [5, 5.41) is 13.6. The van der Waals surface area contributed by atoms with Crippen LogP contribution in [0.15, 0.2) is 67.0 Å². The van der Waals surface area contributed by atoms with Crippen LogP contribution in [-0.2, 0) is 12.7 Å². The monoisotopic (exact) mass is 451 g/mol. The summed E-state index contributed by atoms with van der Waals surface area (Å²) in [7, 11) is 0. The minimum Gasteiger partial charge on any atom is -0.478 e. The van der Waals surface area contributed by atoms with Crippen molar-refractivity contribution in [1.82, 2.24) is 9.55 Å². The average molecular weight is 451 g/mol. The highest BCUT2D eigenvalue weighted by Gasteiger charge is 2.30. The molecule has 33 heavy (non-hydrogen) atoms. The summed E-state index contributed by atoms with van der Waals surface area (Å²) in [6, 6.07) is 14.3. The standard InChI is InChI=1S/C25H20F3N3O2/c26-25(27,28)19-5-1-15(2-6-19)14-31-10-9-17-11-20(7-8-22(17)31)30-23-21(24(32)33)12-18(13-29-23)16-3-4-16/h1-2,5-13,16H,3-4,14H2,(H,29,30)(H,32,33). The van der Waals surface area contributed by atoms with Crippen LogP contribution >= 0.6 is 0 Å². The van der Waals surface area contributed by atoms with Gasteiger partial charge in [-0.05, 0) is 72.4 Å². The Morgan fingerprint density at radius 2 is 1.85 bits per heavy atom. The first-order valence-electron chi connectivity index (χ1n) is 10.5. The third-order valence-electron chi connectivity index (χ3n) is 5.86. The molecule has 0 spiro atoms. The second-order valence-electron chi connectivity index (χ2n) is 8.28. The molecule has 0 aliphatic heterocycles. The SMILES string of the molecule is O=C(O)c1cc(C2CC2)cnc1Nc1ccc2c(ccn2Cc2ccc(C(F)(F)F)cc2)c1. The number of nitrogens with zero attached hydrogens (tertiary/aromatic N) is 2. The summed E-state index contributed by atoms with van der Waals surface area (Å²) in [4.78, 5) is 16.1. The predicted octanol–water partition coefficient (Wildman–Crippen LogP) is 6.42. The van der Waals surface area contributed by atoms with E-state index in [0.717, 1.165) is 47.0 Å². The molecule has 168 valence electrons. The number of hydrogen-bond donors (Lipinski definition) is 2. The molecular formula is C25H20F3N3O2. The number of alkyl halides is 3. The summed E-state index contributed by atoms with van der Waals surface area (Å²) in [6.07, 6.45) is 1.37. The maximum Gasteiger partial charge on any atom is 0.416 e. The van der Waals surface area contributed by atoms with Gasteiger partial charge in [-0.2, -0.15) is 13.2 Å². The molecule has 0 amide bonds. The summed E-state index contributed by atoms with van der Waals surface area (Å²) in [5.41, 5.74) is 2.79. The van der Waals surface area contributed by atoms with E-state index < -0.39 is 17.7 Å². The van der Waals surface area contributed by atoms with Gasteiger partial charge in [0, 0.05) is 35.5 Å². The molecule has 0 bridgehead atoms. The van der Waals surface area contributed by atoms with E-state index in [-0.39, 0.29) is 11.4 Å². The molecule has 8 heteroatoms. The van der Waals surface area contributed by atoms with Crippen LogP contribution in [0.3, 0.4) is 0 Å². The lowest BCUT2D eigenvalue weighted by Gasteiger charge is -2.11. The topological polar surface area (TPSA) is 67.2 Å². The van der Waals surface area contributed by atoms with E-state index in [1.165, 1.54) is 12.1 Å². The zero-order chi connectivity index (χ0) is 23.2. The van der Waals surface area contributed by atoms with E-state index in [0.29, 0.717) is 18.2 Å². The van der Waals surface area contributed by atoms with Crippen molar-refractivity contribution in [3.8, 4) is 0 Å². The van der Waals surface area contributed by atoms with Gasteiger partial charge in [-0.3, -0.25) is 0 Å². The number of nitrogens with one attached hydrogen (secondary N) is 1. The lowest BCUT2D eigenvalue weighted by Crippen LogP contribution is -2.06. The van der Waals surface area contributed by atoms with E-state index in [9.17, 15) is 23.1 Å². The number of carboxylic acids is 1. The van der Waals surface area contributed by atoms with Crippen LogP contribution in [0, 0.1) is 0 Å². The van der Waals surface area contributed by atoms with Gasteiger partial charge >= 0.3 is 12.1 Å². The Bertz CT molecular complexity index is 1340. The van der Waals surface area contributed by atoms with Crippen LogP contribution in [0.5, 0.6) is 0 Å². The van der Waals surface area contributed by atoms with Crippen LogP contribution in [-0.4, -0.2) is 20.6 Å². The second-order valence-corrected chi connectivity index (χ2v) is 8.28. The Hall–Kier alpha value is -3.81. The highest BCUT2D eigenvalue weighted by molar-refractivity contribution is 5.94. The van der Waals surface area contributed by atoms with E-state index in [1.54, 1.807) is 12.3 Å². The number of anilines is 2. The van der Waals surface area contributed by atoms with E-state index >= 15 is 0 Å². The lowest BCUT2D eigenvalue weighted by atomic mass is 10.1. The Kier molecular flexibility index (Phi) is 5.08. The Morgan fingerprint density at radius 1 is 1.09 bits per heavy atom. The first kappa shape index (κ1) is 21.1. The van der Waals surface area contributed by atoms with Crippen LogP contribution in [0.1, 0.15) is 45.8 Å². The summed E-state index contributed by atoms with van der Waals surface area (Å²) in [6.45, 7) is 0.432. The minimum absolute atomic E-state index is 0.138. The molecule has 2 aromatic heterocycles. The van der Waals surface area contributed by atoms with E-state index in [1.807, 2.05) is 35.0 Å². The lowest BCUT2D eigenvalue weighted by molar-refractivity contribution is -0.137. The quantitative estimate of drug-likeness (QED) is 0.355. The molecule has 5 rings (SSSR count). The van der Waals surface area contributed by atoms with Crippen molar-refractivity contribution in [2.75, 3.05) is 5.32 Å². The van der Waals surface area contributed by atoms with Crippen molar-refractivity contribution in [1.29, 1.82) is 0 Å². The molecular weight excluding hydrogens is 431 g/mol. The Balaban J connectivity index is 1.37. The van der Waals surface area contributed by atoms with Crippen LogP contribution in [0.25, 0.3) is 10.9 Å². The van der Waals surface area contributed by atoms with Crippen molar-refractivity contribution in [2.45, 2.75) is 31.5 Å². The number of carbonyl (C=O) groups is 1. The number of aromatic carboxylic acids is 1. The predicted molar refractivity (Wildman–Crippen MR) is 119 cm³/mol. The molecule has 0 unspecified atom stereocenters. The number of pyridine rings is 1. The van der Waals surface area contributed by atoms with Gasteiger partial charge in [0.1, 0.15) is 11.4 Å². The molecule has 1 saturated carbocycles. The highest BCUT2D eigenvalue weighted by Crippen LogP contribution is 2.40. The smallest absolute Gasteiger partial charge is 0.416 e. The van der Waals surface area contributed by atoms with Gasteiger partial charge in [0.15, 0.2) is 0 Å².